The molecule has 0 radical (unpaired) electrons. The normalized spacial score (nSPS) is 12.6. The van der Waals surface area contributed by atoms with Gasteiger partial charge in [-0.15, -0.1) is 0 Å². The smallest absolute Gasteiger partial charge is 0.264 e. The van der Waals surface area contributed by atoms with Gasteiger partial charge >= 0.3 is 0 Å². The van der Waals surface area contributed by atoms with Crippen LogP contribution < -0.4 is 19.1 Å². The molecule has 0 saturated heterocycles. The quantitative estimate of drug-likeness (QED) is 0.306. The molecule has 0 aliphatic rings. The van der Waals surface area contributed by atoms with Gasteiger partial charge in [-0.1, -0.05) is 42.8 Å². The third-order valence-corrected chi connectivity index (χ3v) is 8.78. The Bertz CT molecular complexity index is 1500. The molecule has 0 aliphatic carbocycles. The molecule has 0 heterocycles. The van der Waals surface area contributed by atoms with Crippen LogP contribution in [0.4, 0.5) is 10.1 Å². The number of sulfonamides is 1. The fraction of sp³-hybridized carbons (Fsp3) is 0.355. The minimum Gasteiger partial charge on any atom is -0.493 e. The predicted molar refractivity (Wildman–Crippen MR) is 160 cm³/mol. The van der Waals surface area contributed by atoms with Crippen molar-refractivity contribution in [1.82, 2.24) is 10.2 Å². The summed E-state index contributed by atoms with van der Waals surface area (Å²) in [6, 6.07) is 15.6. The van der Waals surface area contributed by atoms with E-state index < -0.39 is 40.2 Å². The Balaban J connectivity index is 2.07. The SMILES string of the molecule is CC[C@@H](C)NC(=O)[C@@H](C)N(Cc1ccccc1F)C(=O)CN(c1ccc(C)cc1)S(=O)(=O)c1ccc(OC)c(OC)c1. The molecule has 1 N–H and O–H groups in total. The second kappa shape index (κ2) is 14.2. The fourth-order valence-corrected chi connectivity index (χ4v) is 5.63. The Morgan fingerprint density at radius 2 is 1.60 bits per heavy atom. The number of nitrogens with one attached hydrogen (secondary N) is 1. The van der Waals surface area contributed by atoms with Gasteiger partial charge in [0, 0.05) is 24.2 Å². The molecule has 0 fully saturated rings. The van der Waals surface area contributed by atoms with Crippen LogP contribution in [0.2, 0.25) is 0 Å². The summed E-state index contributed by atoms with van der Waals surface area (Å²) in [5, 5.41) is 2.85. The van der Waals surface area contributed by atoms with E-state index in [0.717, 1.165) is 9.87 Å². The fourth-order valence-electron chi connectivity index (χ4n) is 4.20. The number of amides is 2. The number of nitrogens with zero attached hydrogens (tertiary/aromatic N) is 2. The summed E-state index contributed by atoms with van der Waals surface area (Å²) in [5.74, 6) is -1.12. The van der Waals surface area contributed by atoms with Crippen LogP contribution in [0.1, 0.15) is 38.3 Å². The molecule has 3 aromatic carbocycles. The third kappa shape index (κ3) is 7.58. The van der Waals surface area contributed by atoms with E-state index in [1.807, 2.05) is 20.8 Å². The molecule has 2 amide bonds. The van der Waals surface area contributed by atoms with Crippen LogP contribution in [0, 0.1) is 12.7 Å². The highest BCUT2D eigenvalue weighted by Crippen LogP contribution is 2.32. The first kappa shape index (κ1) is 32.4. The van der Waals surface area contributed by atoms with Crippen molar-refractivity contribution < 1.29 is 31.9 Å². The van der Waals surface area contributed by atoms with E-state index in [1.165, 1.54) is 62.4 Å². The Hall–Kier alpha value is -4.12. The molecule has 3 aromatic rings. The number of anilines is 1. The van der Waals surface area contributed by atoms with Gasteiger partial charge in [0.25, 0.3) is 10.0 Å². The van der Waals surface area contributed by atoms with E-state index in [0.29, 0.717) is 12.2 Å². The maximum atomic E-state index is 14.7. The summed E-state index contributed by atoms with van der Waals surface area (Å²) in [7, 11) is -1.50. The van der Waals surface area contributed by atoms with E-state index in [2.05, 4.69) is 5.32 Å². The van der Waals surface area contributed by atoms with Gasteiger partial charge in [0.1, 0.15) is 18.4 Å². The topological polar surface area (TPSA) is 105 Å². The zero-order chi connectivity index (χ0) is 31.0. The number of aryl methyl sites for hydroxylation is 1. The highest BCUT2D eigenvalue weighted by atomic mass is 32.2. The van der Waals surface area contributed by atoms with Crippen molar-refractivity contribution in [3.05, 3.63) is 83.7 Å². The second-order valence-electron chi connectivity index (χ2n) is 9.97. The average Bonchev–Trinajstić information content (AvgIpc) is 2.98. The Labute approximate surface area is 247 Å². The van der Waals surface area contributed by atoms with Crippen molar-refractivity contribution in [3.8, 4) is 11.5 Å². The van der Waals surface area contributed by atoms with Gasteiger partial charge in [0.2, 0.25) is 11.8 Å². The molecule has 9 nitrogen and oxygen atoms in total. The highest BCUT2D eigenvalue weighted by molar-refractivity contribution is 7.92. The van der Waals surface area contributed by atoms with Gasteiger partial charge in [-0.2, -0.15) is 0 Å². The first-order chi connectivity index (χ1) is 19.9. The molecule has 42 heavy (non-hydrogen) atoms. The van der Waals surface area contributed by atoms with E-state index in [9.17, 15) is 22.4 Å². The van der Waals surface area contributed by atoms with Gasteiger partial charge in [0.05, 0.1) is 24.8 Å². The van der Waals surface area contributed by atoms with Crippen molar-refractivity contribution in [3.63, 3.8) is 0 Å². The van der Waals surface area contributed by atoms with Crippen LogP contribution in [0.5, 0.6) is 11.5 Å². The van der Waals surface area contributed by atoms with E-state index in [4.69, 9.17) is 9.47 Å². The standard InChI is InChI=1S/C31H38FN3O6S/c1-7-22(3)33-31(37)23(4)34(19-24-10-8-9-11-27(24)32)30(36)20-35(25-14-12-21(2)13-15-25)42(38,39)26-16-17-28(40-5)29(18-26)41-6/h8-18,22-23H,7,19-20H2,1-6H3,(H,33,37)/t22-,23-/m1/s1. The van der Waals surface area contributed by atoms with Crippen LogP contribution in [0.25, 0.3) is 0 Å². The first-order valence-corrected chi connectivity index (χ1v) is 15.0. The lowest BCUT2D eigenvalue weighted by Gasteiger charge is -2.32. The lowest BCUT2D eigenvalue weighted by molar-refractivity contribution is -0.139. The van der Waals surface area contributed by atoms with Crippen LogP contribution >= 0.6 is 0 Å². The van der Waals surface area contributed by atoms with Crippen molar-refractivity contribution in [2.75, 3.05) is 25.1 Å². The van der Waals surface area contributed by atoms with Crippen LogP contribution in [-0.4, -0.2) is 58.0 Å². The molecule has 0 aromatic heterocycles. The molecule has 226 valence electrons. The number of benzene rings is 3. The molecule has 0 spiro atoms. The minimum atomic E-state index is -4.33. The molecular weight excluding hydrogens is 561 g/mol. The summed E-state index contributed by atoms with van der Waals surface area (Å²) in [4.78, 5) is 28.2. The zero-order valence-electron chi connectivity index (χ0n) is 24.8. The molecular formula is C31H38FN3O6S. The van der Waals surface area contributed by atoms with Crippen molar-refractivity contribution >= 4 is 27.5 Å². The maximum absolute atomic E-state index is 14.7. The van der Waals surface area contributed by atoms with Gasteiger partial charge < -0.3 is 19.7 Å². The first-order valence-electron chi connectivity index (χ1n) is 13.6. The van der Waals surface area contributed by atoms with Crippen LogP contribution in [0.3, 0.4) is 0 Å². The summed E-state index contributed by atoms with van der Waals surface area (Å²) >= 11 is 0. The van der Waals surface area contributed by atoms with Gasteiger partial charge in [-0.25, -0.2) is 12.8 Å². The van der Waals surface area contributed by atoms with Gasteiger partial charge in [-0.3, -0.25) is 13.9 Å². The van der Waals surface area contributed by atoms with Gasteiger partial charge in [0.15, 0.2) is 11.5 Å². The molecule has 0 aliphatic heterocycles. The van der Waals surface area contributed by atoms with Crippen LogP contribution in [-0.2, 0) is 26.2 Å². The van der Waals surface area contributed by atoms with Crippen LogP contribution in [0.15, 0.2) is 71.6 Å². The zero-order valence-corrected chi connectivity index (χ0v) is 25.6. The minimum absolute atomic E-state index is 0.128. The Morgan fingerprint density at radius 3 is 2.19 bits per heavy atom. The average molecular weight is 600 g/mol. The lowest BCUT2D eigenvalue weighted by Crippen LogP contribution is -2.52. The highest BCUT2D eigenvalue weighted by Gasteiger charge is 2.33. The largest absolute Gasteiger partial charge is 0.493 e. The Morgan fingerprint density at radius 1 is 0.952 bits per heavy atom. The van der Waals surface area contributed by atoms with Gasteiger partial charge in [-0.05, 0) is 57.5 Å². The number of carbonyl (C=O) groups excluding carboxylic acids is 2. The van der Waals surface area contributed by atoms with Crippen molar-refractivity contribution in [1.29, 1.82) is 0 Å². The summed E-state index contributed by atoms with van der Waals surface area (Å²) in [6.45, 7) is 6.26. The second-order valence-corrected chi connectivity index (χ2v) is 11.8. The molecule has 11 heteroatoms. The van der Waals surface area contributed by atoms with E-state index >= 15 is 0 Å². The number of ether oxygens (including phenoxy) is 2. The molecule has 0 saturated carbocycles. The molecule has 2 atom stereocenters. The Kier molecular flexibility index (Phi) is 10.9. The predicted octanol–water partition coefficient (Wildman–Crippen LogP) is 4.68. The number of hydrogen-bond donors (Lipinski definition) is 1. The number of methoxy groups -OCH3 is 2. The monoisotopic (exact) mass is 599 g/mol. The number of hydrogen-bond acceptors (Lipinski definition) is 6. The summed E-state index contributed by atoms with van der Waals surface area (Å²) in [6.07, 6.45) is 0.671. The summed E-state index contributed by atoms with van der Waals surface area (Å²) in [5.41, 5.74) is 1.33. The number of halogens is 1. The number of rotatable bonds is 13. The van der Waals surface area contributed by atoms with Crippen molar-refractivity contribution in [2.24, 2.45) is 0 Å². The molecule has 3 rings (SSSR count). The molecule has 0 unspecified atom stereocenters. The van der Waals surface area contributed by atoms with E-state index in [-0.39, 0.29) is 34.5 Å². The third-order valence-electron chi connectivity index (χ3n) is 7.01. The molecule has 0 bridgehead atoms. The van der Waals surface area contributed by atoms with E-state index in [1.54, 1.807) is 30.3 Å². The lowest BCUT2D eigenvalue weighted by atomic mass is 10.1. The summed E-state index contributed by atoms with van der Waals surface area (Å²) < 4.78 is 54.3. The van der Waals surface area contributed by atoms with Crippen molar-refractivity contribution in [2.45, 2.75) is 57.6 Å². The maximum Gasteiger partial charge on any atom is 0.264 e. The number of carbonyl (C=O) groups is 2.